The number of hydrogen-bond acceptors (Lipinski definition) is 7. The first-order valence-corrected chi connectivity index (χ1v) is 8.97. The van der Waals surface area contributed by atoms with Gasteiger partial charge in [-0.1, -0.05) is 12.1 Å². The van der Waals surface area contributed by atoms with Crippen LogP contribution in [0.3, 0.4) is 0 Å². The Labute approximate surface area is 166 Å². The van der Waals surface area contributed by atoms with Crippen LogP contribution in [0.2, 0.25) is 0 Å². The summed E-state index contributed by atoms with van der Waals surface area (Å²) in [7, 11) is 0. The van der Waals surface area contributed by atoms with Gasteiger partial charge < -0.3 is 15.4 Å². The molecule has 1 aliphatic rings. The standard InChI is InChI=1S/C20H19N3O6/c1-12(24)15-4-2-3-5-16(15)22-19(25)11-29-20(26)13-6-9-17(21-14-7-8-14)18(10-13)23(27)28/h2-6,9-10,14,21H,7-8,11H2,1H3,(H,22,25). The molecule has 0 saturated heterocycles. The van der Waals surface area contributed by atoms with Crippen LogP contribution in [0.1, 0.15) is 40.5 Å². The second kappa shape index (κ2) is 8.51. The molecule has 0 aromatic heterocycles. The number of amides is 1. The van der Waals surface area contributed by atoms with Gasteiger partial charge in [0.1, 0.15) is 5.69 Å². The second-order valence-corrected chi connectivity index (χ2v) is 6.63. The molecule has 29 heavy (non-hydrogen) atoms. The molecule has 1 amide bonds. The van der Waals surface area contributed by atoms with E-state index in [1.165, 1.54) is 19.1 Å². The minimum atomic E-state index is -0.860. The van der Waals surface area contributed by atoms with E-state index in [0.717, 1.165) is 18.9 Å². The van der Waals surface area contributed by atoms with E-state index in [4.69, 9.17) is 4.74 Å². The number of nitrogens with one attached hydrogen (secondary N) is 2. The summed E-state index contributed by atoms with van der Waals surface area (Å²) in [6.07, 6.45) is 1.89. The number of carbonyl (C=O) groups is 3. The molecule has 0 spiro atoms. The van der Waals surface area contributed by atoms with Crippen molar-refractivity contribution in [2.45, 2.75) is 25.8 Å². The van der Waals surface area contributed by atoms with Gasteiger partial charge in [0.2, 0.25) is 0 Å². The molecule has 150 valence electrons. The van der Waals surface area contributed by atoms with Crippen molar-refractivity contribution >= 4 is 34.7 Å². The van der Waals surface area contributed by atoms with Crippen LogP contribution in [-0.4, -0.2) is 35.2 Å². The van der Waals surface area contributed by atoms with E-state index in [1.54, 1.807) is 24.3 Å². The van der Waals surface area contributed by atoms with Gasteiger partial charge in [0.15, 0.2) is 12.4 Å². The smallest absolute Gasteiger partial charge is 0.338 e. The lowest BCUT2D eigenvalue weighted by Crippen LogP contribution is -2.22. The van der Waals surface area contributed by atoms with E-state index in [2.05, 4.69) is 10.6 Å². The van der Waals surface area contributed by atoms with Crippen molar-refractivity contribution in [2.24, 2.45) is 0 Å². The summed E-state index contributed by atoms with van der Waals surface area (Å²) < 4.78 is 4.95. The Hall–Kier alpha value is -3.75. The third kappa shape index (κ3) is 5.16. The highest BCUT2D eigenvalue weighted by molar-refractivity contribution is 6.04. The molecule has 2 aromatic rings. The van der Waals surface area contributed by atoms with E-state index < -0.39 is 23.4 Å². The number of rotatable bonds is 8. The summed E-state index contributed by atoms with van der Waals surface area (Å²) in [5, 5.41) is 16.8. The summed E-state index contributed by atoms with van der Waals surface area (Å²) in [5.41, 5.74) is 0.725. The van der Waals surface area contributed by atoms with Crippen LogP contribution in [0.15, 0.2) is 42.5 Å². The van der Waals surface area contributed by atoms with Gasteiger partial charge in [-0.05, 0) is 44.0 Å². The zero-order chi connectivity index (χ0) is 21.0. The summed E-state index contributed by atoms with van der Waals surface area (Å²) in [5.74, 6) is -1.71. The fourth-order valence-electron chi connectivity index (χ4n) is 2.68. The van der Waals surface area contributed by atoms with Crippen LogP contribution in [-0.2, 0) is 9.53 Å². The Bertz CT molecular complexity index is 984. The molecular weight excluding hydrogens is 378 g/mol. The van der Waals surface area contributed by atoms with Crippen LogP contribution in [0.25, 0.3) is 0 Å². The van der Waals surface area contributed by atoms with Gasteiger partial charge in [-0.15, -0.1) is 0 Å². The number of nitro benzene ring substituents is 1. The van der Waals surface area contributed by atoms with Gasteiger partial charge in [-0.2, -0.15) is 0 Å². The van der Waals surface area contributed by atoms with Crippen LogP contribution in [0, 0.1) is 10.1 Å². The Morgan fingerprint density at radius 3 is 2.52 bits per heavy atom. The first-order valence-electron chi connectivity index (χ1n) is 8.97. The maximum Gasteiger partial charge on any atom is 0.338 e. The molecule has 0 atom stereocenters. The first-order chi connectivity index (χ1) is 13.8. The summed E-state index contributed by atoms with van der Waals surface area (Å²) in [6.45, 7) is 0.778. The number of carbonyl (C=O) groups excluding carboxylic acids is 3. The average Bonchev–Trinajstić information content (AvgIpc) is 3.50. The molecule has 9 heteroatoms. The van der Waals surface area contributed by atoms with Crippen molar-refractivity contribution in [3.05, 3.63) is 63.7 Å². The van der Waals surface area contributed by atoms with Crippen molar-refractivity contribution < 1.29 is 24.0 Å². The van der Waals surface area contributed by atoms with Gasteiger partial charge in [0, 0.05) is 17.7 Å². The van der Waals surface area contributed by atoms with E-state index in [1.807, 2.05) is 0 Å². The normalized spacial score (nSPS) is 12.7. The topological polar surface area (TPSA) is 128 Å². The van der Waals surface area contributed by atoms with Crippen LogP contribution in [0.5, 0.6) is 0 Å². The second-order valence-electron chi connectivity index (χ2n) is 6.63. The molecule has 0 heterocycles. The molecule has 1 saturated carbocycles. The molecule has 0 radical (unpaired) electrons. The van der Waals surface area contributed by atoms with Crippen molar-refractivity contribution in [2.75, 3.05) is 17.2 Å². The number of Topliss-reactive ketones (excluding diaryl/α,β-unsaturated/α-hetero) is 1. The van der Waals surface area contributed by atoms with Crippen molar-refractivity contribution in [3.8, 4) is 0 Å². The SMILES string of the molecule is CC(=O)c1ccccc1NC(=O)COC(=O)c1ccc(NC2CC2)c([N+](=O)[O-])c1. The first kappa shape index (κ1) is 20.0. The highest BCUT2D eigenvalue weighted by Gasteiger charge is 2.26. The van der Waals surface area contributed by atoms with E-state index in [9.17, 15) is 24.5 Å². The molecule has 0 unspecified atom stereocenters. The lowest BCUT2D eigenvalue weighted by atomic mass is 10.1. The summed E-state index contributed by atoms with van der Waals surface area (Å²) >= 11 is 0. The lowest BCUT2D eigenvalue weighted by molar-refractivity contribution is -0.384. The quantitative estimate of drug-likeness (QED) is 0.303. The predicted octanol–water partition coefficient (Wildman–Crippen LogP) is 3.17. The van der Waals surface area contributed by atoms with E-state index >= 15 is 0 Å². The molecule has 1 aliphatic carbocycles. The average molecular weight is 397 g/mol. The largest absolute Gasteiger partial charge is 0.452 e. The van der Waals surface area contributed by atoms with Crippen LogP contribution >= 0.6 is 0 Å². The van der Waals surface area contributed by atoms with Crippen molar-refractivity contribution in [3.63, 3.8) is 0 Å². The van der Waals surface area contributed by atoms with Gasteiger partial charge in [0.05, 0.1) is 16.2 Å². The minimum Gasteiger partial charge on any atom is -0.452 e. The predicted molar refractivity (Wildman–Crippen MR) is 105 cm³/mol. The van der Waals surface area contributed by atoms with Crippen molar-refractivity contribution in [1.82, 2.24) is 0 Å². The maximum atomic E-state index is 12.2. The Kier molecular flexibility index (Phi) is 5.87. The number of ketones is 1. The number of hydrogen-bond donors (Lipinski definition) is 2. The number of para-hydroxylation sites is 1. The van der Waals surface area contributed by atoms with Gasteiger partial charge in [-0.25, -0.2) is 4.79 Å². The van der Waals surface area contributed by atoms with Gasteiger partial charge in [0.25, 0.3) is 11.6 Å². The zero-order valence-corrected chi connectivity index (χ0v) is 15.6. The Morgan fingerprint density at radius 1 is 1.14 bits per heavy atom. The van der Waals surface area contributed by atoms with Crippen molar-refractivity contribution in [1.29, 1.82) is 0 Å². The van der Waals surface area contributed by atoms with E-state index in [0.29, 0.717) is 16.9 Å². The molecule has 2 N–H and O–H groups in total. The monoisotopic (exact) mass is 397 g/mol. The molecule has 2 aromatic carbocycles. The molecular formula is C20H19N3O6. The lowest BCUT2D eigenvalue weighted by Gasteiger charge is -2.10. The van der Waals surface area contributed by atoms with Gasteiger partial charge in [-0.3, -0.25) is 19.7 Å². The van der Waals surface area contributed by atoms with Crippen LogP contribution in [0.4, 0.5) is 17.1 Å². The van der Waals surface area contributed by atoms with Gasteiger partial charge >= 0.3 is 5.97 Å². The Morgan fingerprint density at radius 2 is 1.86 bits per heavy atom. The highest BCUT2D eigenvalue weighted by atomic mass is 16.6. The minimum absolute atomic E-state index is 0.0324. The Balaban J connectivity index is 1.63. The number of nitro groups is 1. The number of nitrogens with zero attached hydrogens (tertiary/aromatic N) is 1. The highest BCUT2D eigenvalue weighted by Crippen LogP contribution is 2.31. The molecule has 9 nitrogen and oxygen atoms in total. The number of benzene rings is 2. The molecule has 0 aliphatic heterocycles. The molecule has 1 fully saturated rings. The van der Waals surface area contributed by atoms with E-state index in [-0.39, 0.29) is 23.1 Å². The molecule has 3 rings (SSSR count). The fourth-order valence-corrected chi connectivity index (χ4v) is 2.68. The fraction of sp³-hybridized carbons (Fsp3) is 0.250. The molecule has 0 bridgehead atoms. The third-order valence-corrected chi connectivity index (χ3v) is 4.28. The number of esters is 1. The summed E-state index contributed by atoms with van der Waals surface area (Å²) in [6, 6.07) is 10.7. The number of ether oxygens (including phenoxy) is 1. The number of anilines is 2. The zero-order valence-electron chi connectivity index (χ0n) is 15.6. The third-order valence-electron chi connectivity index (χ3n) is 4.28. The summed E-state index contributed by atoms with van der Waals surface area (Å²) in [4.78, 5) is 46.5. The van der Waals surface area contributed by atoms with Crippen LogP contribution < -0.4 is 10.6 Å². The maximum absolute atomic E-state index is 12.2.